The molecule has 0 saturated carbocycles. The number of aromatic nitrogens is 1. The molecule has 1 rings (SSSR count). The van der Waals surface area contributed by atoms with Gasteiger partial charge in [-0.15, -0.1) is 0 Å². The maximum atomic E-state index is 12.8. The average Bonchev–Trinajstić information content (AvgIpc) is 2.35. The van der Waals surface area contributed by atoms with Crippen molar-refractivity contribution >= 4 is 5.97 Å². The largest absolute Gasteiger partial charge is 0.465 e. The molecule has 0 fully saturated rings. The number of carbonyl (C=O) groups is 1. The van der Waals surface area contributed by atoms with Crippen LogP contribution in [0.2, 0.25) is 0 Å². The van der Waals surface area contributed by atoms with Crippen LogP contribution in [0.3, 0.4) is 0 Å². The molecule has 0 spiro atoms. The lowest BCUT2D eigenvalue weighted by molar-refractivity contribution is 0.0588. The smallest absolute Gasteiger partial charge is 0.341 e. The van der Waals surface area contributed by atoms with Crippen LogP contribution in [-0.4, -0.2) is 18.1 Å². The number of hydrogen-bond acceptors (Lipinski definition) is 5. The first-order valence-corrected chi connectivity index (χ1v) is 4.55. The molecule has 0 aliphatic carbocycles. The number of methoxy groups -OCH3 is 1. The van der Waals surface area contributed by atoms with E-state index in [2.05, 4.69) is 9.72 Å². The van der Waals surface area contributed by atoms with E-state index in [4.69, 9.17) is 11.0 Å². The monoisotopic (exact) mass is 241 g/mol. The number of pyridine rings is 1. The van der Waals surface area contributed by atoms with Crippen molar-refractivity contribution in [2.75, 3.05) is 7.11 Å². The van der Waals surface area contributed by atoms with Gasteiger partial charge in [0.25, 0.3) is 6.43 Å². The Morgan fingerprint density at radius 1 is 1.71 bits per heavy atom. The first-order valence-electron chi connectivity index (χ1n) is 4.55. The van der Waals surface area contributed by atoms with Gasteiger partial charge in [0.15, 0.2) is 5.69 Å². The van der Waals surface area contributed by atoms with Crippen LogP contribution in [0.15, 0.2) is 6.07 Å². The Bertz CT molecular complexity index is 483. The number of alkyl halides is 2. The van der Waals surface area contributed by atoms with Crippen molar-refractivity contribution in [3.8, 4) is 6.07 Å². The van der Waals surface area contributed by atoms with Crippen molar-refractivity contribution < 1.29 is 18.3 Å². The van der Waals surface area contributed by atoms with E-state index in [1.54, 1.807) is 6.07 Å². The van der Waals surface area contributed by atoms with Crippen molar-refractivity contribution in [1.29, 1.82) is 5.26 Å². The van der Waals surface area contributed by atoms with Crippen molar-refractivity contribution in [1.82, 2.24) is 4.98 Å². The van der Waals surface area contributed by atoms with Gasteiger partial charge in [-0.25, -0.2) is 18.6 Å². The molecule has 0 aliphatic heterocycles. The van der Waals surface area contributed by atoms with Crippen LogP contribution >= 0.6 is 0 Å². The van der Waals surface area contributed by atoms with Crippen molar-refractivity contribution in [2.45, 2.75) is 13.0 Å². The fourth-order valence-corrected chi connectivity index (χ4v) is 1.29. The summed E-state index contributed by atoms with van der Waals surface area (Å²) in [5, 5.41) is 8.78. The predicted octanol–water partition coefficient (Wildman–Crippen LogP) is 1.14. The number of rotatable bonds is 3. The molecule has 0 aliphatic rings. The molecule has 7 heteroatoms. The van der Waals surface area contributed by atoms with Gasteiger partial charge >= 0.3 is 5.97 Å². The minimum atomic E-state index is -2.91. The zero-order valence-corrected chi connectivity index (χ0v) is 8.91. The number of nitrogens with two attached hydrogens (primary N) is 1. The molecule has 0 unspecified atom stereocenters. The SMILES string of the molecule is COC(=O)c1c(C(F)F)cc(CN)nc1C#N. The number of nitriles is 1. The number of hydrogen-bond donors (Lipinski definition) is 1. The first-order chi connectivity index (χ1) is 8.04. The van der Waals surface area contributed by atoms with Gasteiger partial charge in [-0.3, -0.25) is 0 Å². The Morgan fingerprint density at radius 2 is 2.35 bits per heavy atom. The Morgan fingerprint density at radius 3 is 2.76 bits per heavy atom. The quantitative estimate of drug-likeness (QED) is 0.801. The van der Waals surface area contributed by atoms with Gasteiger partial charge < -0.3 is 10.5 Å². The predicted molar refractivity (Wildman–Crippen MR) is 53.1 cm³/mol. The van der Waals surface area contributed by atoms with Gasteiger partial charge in [0.1, 0.15) is 11.6 Å². The van der Waals surface area contributed by atoms with E-state index in [-0.39, 0.29) is 12.2 Å². The molecule has 5 nitrogen and oxygen atoms in total. The molecule has 1 aromatic heterocycles. The summed E-state index contributed by atoms with van der Waals surface area (Å²) in [6.07, 6.45) is -2.91. The maximum absolute atomic E-state index is 12.8. The summed E-state index contributed by atoms with van der Waals surface area (Å²) >= 11 is 0. The molecule has 2 N–H and O–H groups in total. The molecule has 1 heterocycles. The van der Waals surface area contributed by atoms with Crippen LogP contribution in [0, 0.1) is 11.3 Å². The fourth-order valence-electron chi connectivity index (χ4n) is 1.29. The molecule has 0 atom stereocenters. The number of halogens is 2. The summed E-state index contributed by atoms with van der Waals surface area (Å²) in [6.45, 7) is -0.101. The first kappa shape index (κ1) is 13.0. The normalized spacial score (nSPS) is 10.1. The minimum Gasteiger partial charge on any atom is -0.465 e. The summed E-state index contributed by atoms with van der Waals surface area (Å²) in [5.41, 5.74) is 3.87. The highest BCUT2D eigenvalue weighted by Gasteiger charge is 2.24. The maximum Gasteiger partial charge on any atom is 0.341 e. The molecular formula is C10H9F2N3O2. The Kier molecular flexibility index (Phi) is 4.06. The van der Waals surface area contributed by atoms with Crippen molar-refractivity contribution in [2.24, 2.45) is 5.73 Å². The van der Waals surface area contributed by atoms with Gasteiger partial charge in [-0.05, 0) is 6.07 Å². The fraction of sp³-hybridized carbons (Fsp3) is 0.300. The molecule has 17 heavy (non-hydrogen) atoms. The van der Waals surface area contributed by atoms with E-state index in [1.165, 1.54) is 0 Å². The highest BCUT2D eigenvalue weighted by molar-refractivity contribution is 5.93. The Labute approximate surface area is 95.8 Å². The molecule has 0 radical (unpaired) electrons. The van der Waals surface area contributed by atoms with Gasteiger partial charge in [-0.2, -0.15) is 5.26 Å². The third-order valence-corrected chi connectivity index (χ3v) is 2.04. The van der Waals surface area contributed by atoms with E-state index in [0.29, 0.717) is 0 Å². The highest BCUT2D eigenvalue weighted by Crippen LogP contribution is 2.26. The molecule has 0 saturated heterocycles. The zero-order chi connectivity index (χ0) is 13.0. The number of nitrogens with zero attached hydrogens (tertiary/aromatic N) is 2. The summed E-state index contributed by atoms with van der Waals surface area (Å²) < 4.78 is 29.9. The lowest BCUT2D eigenvalue weighted by atomic mass is 10.1. The summed E-state index contributed by atoms with van der Waals surface area (Å²) in [6, 6.07) is 2.58. The molecule has 90 valence electrons. The van der Waals surface area contributed by atoms with E-state index in [0.717, 1.165) is 13.2 Å². The van der Waals surface area contributed by atoms with E-state index >= 15 is 0 Å². The van der Waals surface area contributed by atoms with Gasteiger partial charge in [-0.1, -0.05) is 0 Å². The van der Waals surface area contributed by atoms with Crippen LogP contribution < -0.4 is 5.73 Å². The second kappa shape index (κ2) is 5.32. The second-order valence-electron chi connectivity index (χ2n) is 3.03. The summed E-state index contributed by atoms with van der Waals surface area (Å²) in [5.74, 6) is -1.02. The number of ether oxygens (including phenoxy) is 1. The third kappa shape index (κ3) is 2.54. The standard InChI is InChI=1S/C10H9F2N3O2/c1-17-10(16)8-6(9(11)12)2-5(3-13)15-7(8)4-14/h2,9H,3,13H2,1H3. The van der Waals surface area contributed by atoms with E-state index in [9.17, 15) is 13.6 Å². The van der Waals surface area contributed by atoms with Crippen LogP contribution in [0.5, 0.6) is 0 Å². The number of carbonyl (C=O) groups excluding carboxylic acids is 1. The van der Waals surface area contributed by atoms with Gasteiger partial charge in [0.2, 0.25) is 0 Å². The van der Waals surface area contributed by atoms with Gasteiger partial charge in [0.05, 0.1) is 12.8 Å². The summed E-state index contributed by atoms with van der Waals surface area (Å²) in [4.78, 5) is 15.0. The molecule has 1 aromatic rings. The third-order valence-electron chi connectivity index (χ3n) is 2.04. The Balaban J connectivity index is 3.53. The lowest BCUT2D eigenvalue weighted by Crippen LogP contribution is -2.13. The van der Waals surface area contributed by atoms with E-state index < -0.39 is 29.2 Å². The molecular weight excluding hydrogens is 232 g/mol. The van der Waals surface area contributed by atoms with Crippen LogP contribution in [-0.2, 0) is 11.3 Å². The average molecular weight is 241 g/mol. The molecule has 0 aromatic carbocycles. The van der Waals surface area contributed by atoms with Crippen LogP contribution in [0.4, 0.5) is 8.78 Å². The second-order valence-corrected chi connectivity index (χ2v) is 3.03. The Hall–Kier alpha value is -2.07. The summed E-state index contributed by atoms with van der Waals surface area (Å²) in [7, 11) is 1.04. The van der Waals surface area contributed by atoms with E-state index in [1.807, 2.05) is 0 Å². The lowest BCUT2D eigenvalue weighted by Gasteiger charge is -2.10. The van der Waals surface area contributed by atoms with Crippen molar-refractivity contribution in [3.05, 3.63) is 28.6 Å². The zero-order valence-electron chi connectivity index (χ0n) is 8.91. The minimum absolute atomic E-state index is 0.101. The highest BCUT2D eigenvalue weighted by atomic mass is 19.3. The topological polar surface area (TPSA) is 89.0 Å². The van der Waals surface area contributed by atoms with Crippen molar-refractivity contribution in [3.63, 3.8) is 0 Å². The number of esters is 1. The van der Waals surface area contributed by atoms with Crippen LogP contribution in [0.1, 0.15) is 33.7 Å². The molecule has 0 bridgehead atoms. The van der Waals surface area contributed by atoms with Gasteiger partial charge in [0, 0.05) is 12.1 Å². The van der Waals surface area contributed by atoms with Crippen LogP contribution in [0.25, 0.3) is 0 Å². The molecule has 0 amide bonds.